The largest absolute Gasteiger partial charge is 0.394 e. The molecule has 4 atom stereocenters. The van der Waals surface area contributed by atoms with Crippen LogP contribution in [0.3, 0.4) is 0 Å². The van der Waals surface area contributed by atoms with Crippen LogP contribution in [0.4, 0.5) is 0 Å². The van der Waals surface area contributed by atoms with Gasteiger partial charge in [-0.25, -0.2) is 0 Å². The van der Waals surface area contributed by atoms with Crippen LogP contribution >= 0.6 is 0 Å². The molecule has 0 amide bonds. The van der Waals surface area contributed by atoms with Crippen molar-refractivity contribution >= 4 is 0 Å². The molecule has 0 saturated heterocycles. The minimum Gasteiger partial charge on any atom is -0.394 e. The molecular formula is C10H22O6. The Balaban J connectivity index is 4.28. The highest BCUT2D eigenvalue weighted by Crippen LogP contribution is 2.09. The molecular weight excluding hydrogens is 216 g/mol. The van der Waals surface area contributed by atoms with Gasteiger partial charge in [0.05, 0.1) is 13.2 Å². The molecule has 16 heavy (non-hydrogen) atoms. The molecule has 0 spiro atoms. The lowest BCUT2D eigenvalue weighted by Crippen LogP contribution is -2.48. The summed E-state index contributed by atoms with van der Waals surface area (Å²) < 4.78 is 10.3. The molecule has 6 nitrogen and oxygen atoms in total. The fraction of sp³-hybridized carbons (Fsp3) is 1.00. The number of rotatable bonds is 9. The van der Waals surface area contributed by atoms with Crippen LogP contribution in [-0.2, 0) is 9.47 Å². The third-order valence-electron chi connectivity index (χ3n) is 2.18. The summed E-state index contributed by atoms with van der Waals surface area (Å²) in [6.45, 7) is 3.88. The molecule has 0 aliphatic carbocycles. The van der Waals surface area contributed by atoms with Gasteiger partial charge in [-0.3, -0.25) is 0 Å². The number of hydrogen-bond acceptors (Lipinski definition) is 6. The summed E-state index contributed by atoms with van der Waals surface area (Å²) in [5, 5.41) is 37.0. The predicted molar refractivity (Wildman–Crippen MR) is 57.0 cm³/mol. The van der Waals surface area contributed by atoms with Crippen molar-refractivity contribution in [1.82, 2.24) is 0 Å². The lowest BCUT2D eigenvalue weighted by molar-refractivity contribution is -0.144. The highest BCUT2D eigenvalue weighted by Gasteiger charge is 2.31. The topological polar surface area (TPSA) is 99.4 Å². The second-order valence-electron chi connectivity index (χ2n) is 3.38. The Morgan fingerprint density at radius 1 is 1.00 bits per heavy atom. The van der Waals surface area contributed by atoms with Crippen LogP contribution in [0.25, 0.3) is 0 Å². The van der Waals surface area contributed by atoms with Gasteiger partial charge in [0.1, 0.15) is 24.4 Å². The lowest BCUT2D eigenvalue weighted by atomic mass is 10.0. The predicted octanol–water partition coefficient (Wildman–Crippen LogP) is -1.50. The van der Waals surface area contributed by atoms with Crippen LogP contribution in [-0.4, -0.2) is 71.3 Å². The highest BCUT2D eigenvalue weighted by molar-refractivity contribution is 4.81. The maximum atomic E-state index is 9.71. The number of aliphatic hydroxyl groups excluding tert-OH is 4. The Bertz CT molecular complexity index is 165. The first-order chi connectivity index (χ1) is 7.58. The van der Waals surface area contributed by atoms with Crippen molar-refractivity contribution < 1.29 is 29.9 Å². The quantitative estimate of drug-likeness (QED) is 0.390. The van der Waals surface area contributed by atoms with Crippen molar-refractivity contribution in [2.45, 2.75) is 38.3 Å². The fourth-order valence-electron chi connectivity index (χ4n) is 1.25. The molecule has 0 aromatic carbocycles. The lowest BCUT2D eigenvalue weighted by Gasteiger charge is -2.28. The van der Waals surface area contributed by atoms with Gasteiger partial charge in [0.2, 0.25) is 0 Å². The van der Waals surface area contributed by atoms with E-state index in [1.54, 1.807) is 13.8 Å². The van der Waals surface area contributed by atoms with Crippen molar-refractivity contribution in [1.29, 1.82) is 0 Å². The third-order valence-corrected chi connectivity index (χ3v) is 2.18. The first-order valence-corrected chi connectivity index (χ1v) is 5.42. The van der Waals surface area contributed by atoms with Gasteiger partial charge in [0.25, 0.3) is 0 Å². The molecule has 0 heterocycles. The fourth-order valence-corrected chi connectivity index (χ4v) is 1.25. The van der Waals surface area contributed by atoms with Gasteiger partial charge in [-0.15, -0.1) is 0 Å². The molecule has 98 valence electrons. The summed E-state index contributed by atoms with van der Waals surface area (Å²) in [6, 6.07) is 0. The van der Waals surface area contributed by atoms with Gasteiger partial charge >= 0.3 is 0 Å². The summed E-state index contributed by atoms with van der Waals surface area (Å²) in [4.78, 5) is 0. The summed E-state index contributed by atoms with van der Waals surface area (Å²) >= 11 is 0. The second-order valence-corrected chi connectivity index (χ2v) is 3.38. The number of aliphatic hydroxyl groups is 4. The molecule has 0 radical (unpaired) electrons. The van der Waals surface area contributed by atoms with Gasteiger partial charge in [-0.2, -0.15) is 0 Å². The molecule has 0 unspecified atom stereocenters. The van der Waals surface area contributed by atoms with Crippen molar-refractivity contribution in [3.63, 3.8) is 0 Å². The van der Waals surface area contributed by atoms with Gasteiger partial charge in [0, 0.05) is 13.2 Å². The zero-order valence-electron chi connectivity index (χ0n) is 9.74. The van der Waals surface area contributed by atoms with E-state index in [0.717, 1.165) is 0 Å². The first kappa shape index (κ1) is 15.8. The molecule has 4 N–H and O–H groups in total. The van der Waals surface area contributed by atoms with Gasteiger partial charge in [-0.1, -0.05) is 0 Å². The van der Waals surface area contributed by atoms with Crippen molar-refractivity contribution in [3.05, 3.63) is 0 Å². The highest BCUT2D eigenvalue weighted by atomic mass is 16.5. The van der Waals surface area contributed by atoms with E-state index in [9.17, 15) is 15.3 Å². The smallest absolute Gasteiger partial charge is 0.111 e. The third kappa shape index (κ3) is 5.20. The summed E-state index contributed by atoms with van der Waals surface area (Å²) in [6.07, 6.45) is -4.86. The number of hydrogen-bond donors (Lipinski definition) is 4. The van der Waals surface area contributed by atoms with Crippen molar-refractivity contribution in [3.8, 4) is 0 Å². The molecule has 0 saturated carbocycles. The first-order valence-electron chi connectivity index (χ1n) is 5.42. The van der Waals surface area contributed by atoms with Gasteiger partial charge < -0.3 is 29.9 Å². The van der Waals surface area contributed by atoms with Crippen molar-refractivity contribution in [2.24, 2.45) is 0 Å². The maximum Gasteiger partial charge on any atom is 0.111 e. The monoisotopic (exact) mass is 238 g/mol. The Kier molecular flexibility index (Phi) is 8.73. The average Bonchev–Trinajstić information content (AvgIpc) is 2.31. The van der Waals surface area contributed by atoms with Crippen LogP contribution < -0.4 is 0 Å². The molecule has 0 aliphatic rings. The standard InChI is InChI=1S/C10H22O6/c1-3-15-6-8(16-4-2)10(14)9(13)7(12)5-11/h7-14H,3-6H2,1-2H3/t7-,8-,9-,10-/m1/s1. The van der Waals surface area contributed by atoms with E-state index >= 15 is 0 Å². The summed E-state index contributed by atoms with van der Waals surface area (Å²) in [7, 11) is 0. The second kappa shape index (κ2) is 8.86. The molecule has 0 fully saturated rings. The van der Waals surface area contributed by atoms with Crippen molar-refractivity contribution in [2.75, 3.05) is 26.4 Å². The summed E-state index contributed by atoms with van der Waals surface area (Å²) in [5.41, 5.74) is 0. The van der Waals surface area contributed by atoms with E-state index in [4.69, 9.17) is 14.6 Å². The maximum absolute atomic E-state index is 9.71. The SMILES string of the molecule is CCOC[C@@H](OCC)[C@@H](O)[C@H](O)[C@H](O)CO. The Morgan fingerprint density at radius 3 is 2.06 bits per heavy atom. The van der Waals surface area contributed by atoms with Gasteiger partial charge in [0.15, 0.2) is 0 Å². The van der Waals surface area contributed by atoms with Crippen LogP contribution in [0, 0.1) is 0 Å². The van der Waals surface area contributed by atoms with E-state index in [1.807, 2.05) is 0 Å². The molecule has 0 bridgehead atoms. The minimum absolute atomic E-state index is 0.126. The van der Waals surface area contributed by atoms with Gasteiger partial charge in [-0.05, 0) is 13.8 Å². The molecule has 0 aromatic rings. The zero-order valence-corrected chi connectivity index (χ0v) is 9.74. The molecule has 0 rings (SSSR count). The normalized spacial score (nSPS) is 19.1. The summed E-state index contributed by atoms with van der Waals surface area (Å²) in [5.74, 6) is 0. The Hall–Kier alpha value is -0.240. The molecule has 0 aliphatic heterocycles. The Morgan fingerprint density at radius 2 is 1.62 bits per heavy atom. The van der Waals surface area contributed by atoms with Crippen LogP contribution in [0.5, 0.6) is 0 Å². The molecule has 0 aromatic heterocycles. The van der Waals surface area contributed by atoms with E-state index in [0.29, 0.717) is 13.2 Å². The van der Waals surface area contributed by atoms with Crippen LogP contribution in [0.2, 0.25) is 0 Å². The van der Waals surface area contributed by atoms with Crippen LogP contribution in [0.15, 0.2) is 0 Å². The van der Waals surface area contributed by atoms with E-state index in [-0.39, 0.29) is 6.61 Å². The zero-order chi connectivity index (χ0) is 12.6. The number of ether oxygens (including phenoxy) is 2. The molecule has 6 heteroatoms. The van der Waals surface area contributed by atoms with E-state index < -0.39 is 31.0 Å². The minimum atomic E-state index is -1.46. The van der Waals surface area contributed by atoms with E-state index in [1.165, 1.54) is 0 Å². The van der Waals surface area contributed by atoms with E-state index in [2.05, 4.69) is 0 Å². The van der Waals surface area contributed by atoms with Crippen LogP contribution in [0.1, 0.15) is 13.8 Å². The Labute approximate surface area is 95.4 Å². The average molecular weight is 238 g/mol.